The number of methoxy groups -OCH3 is 1. The van der Waals surface area contributed by atoms with Crippen molar-refractivity contribution in [3.63, 3.8) is 0 Å². The zero-order valence-corrected chi connectivity index (χ0v) is 14.7. The first-order valence-electron chi connectivity index (χ1n) is 7.31. The Hall–Kier alpha value is -1.86. The summed E-state index contributed by atoms with van der Waals surface area (Å²) in [6.07, 6.45) is -2.29. The van der Waals surface area contributed by atoms with Crippen LogP contribution in [-0.2, 0) is 9.53 Å². The Morgan fingerprint density at radius 2 is 1.87 bits per heavy atom. The van der Waals surface area contributed by atoms with Crippen LogP contribution in [-0.4, -0.2) is 49.6 Å². The summed E-state index contributed by atoms with van der Waals surface area (Å²) in [5.74, 6) is -0.719. The highest BCUT2D eigenvalue weighted by atomic mass is 28.3. The number of carbonyl (C=O) groups is 1. The Kier molecular flexibility index (Phi) is 6.77. The number of carbonyl (C=O) groups excluding carboxylic acids is 1. The largest absolute Gasteiger partial charge is 0.469 e. The SMILES string of the molecule is COC(=O)[C@H](N=[N+]=[N-])[C@@H]([C@H](O)[C@@H](C)O)[Si](C)(C)c1ccccc1. The Bertz CT molecular complexity index is 573. The van der Waals surface area contributed by atoms with Crippen molar-refractivity contribution in [1.29, 1.82) is 0 Å². The van der Waals surface area contributed by atoms with Gasteiger partial charge in [-0.2, -0.15) is 0 Å². The van der Waals surface area contributed by atoms with Crippen LogP contribution in [0.25, 0.3) is 10.4 Å². The molecule has 4 atom stereocenters. The van der Waals surface area contributed by atoms with Crippen LogP contribution < -0.4 is 5.19 Å². The van der Waals surface area contributed by atoms with Crippen LogP contribution in [0.4, 0.5) is 0 Å². The number of azide groups is 1. The van der Waals surface area contributed by atoms with Crippen LogP contribution in [0.2, 0.25) is 18.6 Å². The summed E-state index contributed by atoms with van der Waals surface area (Å²) in [4.78, 5) is 14.8. The third-order valence-electron chi connectivity index (χ3n) is 4.17. The van der Waals surface area contributed by atoms with E-state index >= 15 is 0 Å². The quantitative estimate of drug-likeness (QED) is 0.258. The van der Waals surface area contributed by atoms with Gasteiger partial charge < -0.3 is 14.9 Å². The van der Waals surface area contributed by atoms with Gasteiger partial charge in [-0.1, -0.05) is 53.7 Å². The second-order valence-corrected chi connectivity index (χ2v) is 10.7. The Morgan fingerprint density at radius 1 is 1.30 bits per heavy atom. The van der Waals surface area contributed by atoms with Crippen LogP contribution in [0.5, 0.6) is 0 Å². The summed E-state index contributed by atoms with van der Waals surface area (Å²) in [5, 5.41) is 24.9. The van der Waals surface area contributed by atoms with Crippen LogP contribution in [0.15, 0.2) is 35.4 Å². The van der Waals surface area contributed by atoms with Gasteiger partial charge in [-0.05, 0) is 12.5 Å². The third-order valence-corrected chi connectivity index (χ3v) is 8.32. The number of aliphatic hydroxyl groups is 2. The summed E-state index contributed by atoms with van der Waals surface area (Å²) in [6.45, 7) is 5.36. The molecule has 8 heteroatoms. The molecule has 1 aromatic carbocycles. The summed E-state index contributed by atoms with van der Waals surface area (Å²) >= 11 is 0. The minimum absolute atomic E-state index is 0.719. The van der Waals surface area contributed by atoms with Gasteiger partial charge in [0.05, 0.1) is 27.4 Å². The molecule has 1 rings (SSSR count). The van der Waals surface area contributed by atoms with Crippen molar-refractivity contribution in [3.8, 4) is 0 Å². The van der Waals surface area contributed by atoms with E-state index in [2.05, 4.69) is 10.0 Å². The fourth-order valence-electron chi connectivity index (χ4n) is 2.81. The number of ether oxygens (including phenoxy) is 1. The molecule has 0 aliphatic rings. The topological polar surface area (TPSA) is 116 Å². The van der Waals surface area contributed by atoms with Crippen molar-refractivity contribution in [3.05, 3.63) is 40.8 Å². The second kappa shape index (κ2) is 8.12. The average Bonchev–Trinajstić information content (AvgIpc) is 2.54. The molecule has 0 heterocycles. The first-order valence-corrected chi connectivity index (χ1v) is 10.4. The van der Waals surface area contributed by atoms with Crippen LogP contribution in [0, 0.1) is 0 Å². The van der Waals surface area contributed by atoms with Crippen LogP contribution >= 0.6 is 0 Å². The van der Waals surface area contributed by atoms with Gasteiger partial charge in [0.25, 0.3) is 0 Å². The van der Waals surface area contributed by atoms with E-state index in [1.165, 1.54) is 14.0 Å². The molecule has 0 saturated carbocycles. The third kappa shape index (κ3) is 4.32. The smallest absolute Gasteiger partial charge is 0.314 e. The summed E-state index contributed by atoms with van der Waals surface area (Å²) < 4.78 is 4.73. The maximum Gasteiger partial charge on any atom is 0.314 e. The van der Waals surface area contributed by atoms with Gasteiger partial charge in [-0.25, -0.2) is 0 Å². The predicted molar refractivity (Wildman–Crippen MR) is 89.9 cm³/mol. The molecule has 0 unspecified atom stereocenters. The van der Waals surface area contributed by atoms with Crippen LogP contribution in [0.1, 0.15) is 6.92 Å². The van der Waals surface area contributed by atoms with E-state index in [4.69, 9.17) is 10.3 Å². The van der Waals surface area contributed by atoms with E-state index in [9.17, 15) is 15.0 Å². The maximum atomic E-state index is 12.1. The van der Waals surface area contributed by atoms with Crippen molar-refractivity contribution < 1.29 is 19.7 Å². The molecule has 0 amide bonds. The monoisotopic (exact) mass is 337 g/mol. The highest BCUT2D eigenvalue weighted by Crippen LogP contribution is 2.33. The molecule has 7 nitrogen and oxygen atoms in total. The molecule has 0 saturated heterocycles. The lowest BCUT2D eigenvalue weighted by Crippen LogP contribution is -2.57. The van der Waals surface area contributed by atoms with E-state index < -0.39 is 37.8 Å². The number of esters is 1. The average molecular weight is 337 g/mol. The standard InChI is InChI=1S/C15H23N3O4Si/c1-10(19)13(20)14(12(17-18-16)15(21)22-2)23(3,4)11-8-6-5-7-9-11/h5-10,12-14,19-20H,1-4H3/t10-,12-,13-,14+/m1/s1. The molecule has 0 spiro atoms. The van der Waals surface area contributed by atoms with E-state index in [0.717, 1.165) is 5.19 Å². The molecule has 0 bridgehead atoms. The first-order chi connectivity index (χ1) is 10.8. The molecular formula is C15H23N3O4Si. The lowest BCUT2D eigenvalue weighted by Gasteiger charge is -2.39. The minimum atomic E-state index is -2.49. The number of nitrogens with zero attached hydrogens (tertiary/aromatic N) is 3. The van der Waals surface area contributed by atoms with Gasteiger partial charge in [0.2, 0.25) is 0 Å². The molecule has 23 heavy (non-hydrogen) atoms. The highest BCUT2D eigenvalue weighted by molar-refractivity contribution is 6.91. The van der Waals surface area contributed by atoms with Crippen molar-refractivity contribution in [1.82, 2.24) is 0 Å². The first kappa shape index (κ1) is 19.2. The fraction of sp³-hybridized carbons (Fsp3) is 0.533. The normalized spacial score (nSPS) is 16.6. The minimum Gasteiger partial charge on any atom is -0.469 e. The Labute approximate surface area is 136 Å². The van der Waals surface area contributed by atoms with Gasteiger partial charge in [0, 0.05) is 10.5 Å². The lowest BCUT2D eigenvalue weighted by atomic mass is 10.1. The van der Waals surface area contributed by atoms with E-state index in [0.29, 0.717) is 0 Å². The number of hydrogen-bond donors (Lipinski definition) is 2. The van der Waals surface area contributed by atoms with Crippen molar-refractivity contribution in [2.75, 3.05) is 7.11 Å². The Balaban J connectivity index is 3.45. The predicted octanol–water partition coefficient (Wildman–Crippen LogP) is 1.57. The van der Waals surface area contributed by atoms with E-state index in [-0.39, 0.29) is 0 Å². The van der Waals surface area contributed by atoms with E-state index in [1.807, 2.05) is 43.4 Å². The van der Waals surface area contributed by atoms with E-state index in [1.54, 1.807) is 0 Å². The highest BCUT2D eigenvalue weighted by Gasteiger charge is 2.47. The summed E-state index contributed by atoms with van der Waals surface area (Å²) in [7, 11) is -1.29. The van der Waals surface area contributed by atoms with Gasteiger partial charge in [-0.15, -0.1) is 0 Å². The van der Waals surface area contributed by atoms with Crippen molar-refractivity contribution in [2.45, 2.75) is 43.8 Å². The van der Waals surface area contributed by atoms with Crippen molar-refractivity contribution >= 4 is 19.2 Å². The molecule has 0 aliphatic carbocycles. The molecule has 0 fully saturated rings. The molecule has 0 aliphatic heterocycles. The van der Waals surface area contributed by atoms with Gasteiger partial charge in [0.15, 0.2) is 0 Å². The fourth-order valence-corrected chi connectivity index (χ4v) is 6.37. The molecule has 126 valence electrons. The Morgan fingerprint density at radius 3 is 2.30 bits per heavy atom. The summed E-state index contributed by atoms with van der Waals surface area (Å²) in [5.41, 5.74) is 8.08. The summed E-state index contributed by atoms with van der Waals surface area (Å²) in [6, 6.07) is 8.25. The van der Waals surface area contributed by atoms with Crippen molar-refractivity contribution in [2.24, 2.45) is 5.11 Å². The maximum absolute atomic E-state index is 12.1. The molecule has 0 radical (unpaired) electrons. The molecule has 1 aromatic rings. The number of benzene rings is 1. The molecular weight excluding hydrogens is 314 g/mol. The van der Waals surface area contributed by atoms with Crippen LogP contribution in [0.3, 0.4) is 0 Å². The number of rotatable bonds is 7. The number of hydrogen-bond acceptors (Lipinski definition) is 5. The van der Waals surface area contributed by atoms with Gasteiger partial charge in [0.1, 0.15) is 6.04 Å². The second-order valence-electron chi connectivity index (χ2n) is 6.02. The van der Waals surface area contributed by atoms with Gasteiger partial charge in [-0.3, -0.25) is 4.79 Å². The zero-order valence-electron chi connectivity index (χ0n) is 13.7. The molecule has 2 N–H and O–H groups in total. The van der Waals surface area contributed by atoms with Gasteiger partial charge >= 0.3 is 5.97 Å². The number of aliphatic hydroxyl groups excluding tert-OH is 2. The molecule has 0 aromatic heterocycles. The zero-order chi connectivity index (χ0) is 17.6. The lowest BCUT2D eigenvalue weighted by molar-refractivity contribution is -0.143.